The number of rotatable bonds is 8. The van der Waals surface area contributed by atoms with Crippen LogP contribution in [0.1, 0.15) is 12.0 Å². The van der Waals surface area contributed by atoms with E-state index in [9.17, 15) is 13.2 Å². The maximum atomic E-state index is 12.8. The van der Waals surface area contributed by atoms with Gasteiger partial charge in [-0.05, 0) is 60.9 Å². The highest BCUT2D eigenvalue weighted by atomic mass is 32.2. The lowest BCUT2D eigenvalue weighted by atomic mass is 10.0. The van der Waals surface area contributed by atoms with Crippen LogP contribution in [-0.2, 0) is 21.2 Å². The first kappa shape index (κ1) is 21.9. The minimum atomic E-state index is -3.56. The molecule has 1 amide bonds. The lowest BCUT2D eigenvalue weighted by molar-refractivity contribution is -0.117. The maximum Gasteiger partial charge on any atom is 0.246 e. The Morgan fingerprint density at radius 1 is 1.27 bits per heavy atom. The molecule has 2 aromatic carbocycles. The number of fused-ring (bicyclic) bond motifs is 1. The molecule has 7 nitrogen and oxygen atoms in total. The van der Waals surface area contributed by atoms with Crippen molar-refractivity contribution in [2.45, 2.75) is 17.7 Å². The summed E-state index contributed by atoms with van der Waals surface area (Å²) >= 11 is 0. The van der Waals surface area contributed by atoms with Crippen LogP contribution in [0.3, 0.4) is 0 Å². The predicted octanol–water partition coefficient (Wildman–Crippen LogP) is 2.89. The van der Waals surface area contributed by atoms with Crippen molar-refractivity contribution in [3.63, 3.8) is 0 Å². The number of benzene rings is 2. The number of amides is 1. The molecule has 2 aromatic rings. The van der Waals surface area contributed by atoms with E-state index >= 15 is 0 Å². The van der Waals surface area contributed by atoms with Gasteiger partial charge in [-0.2, -0.15) is 4.31 Å². The number of ether oxygens (including phenoxy) is 1. The molecule has 0 bridgehead atoms. The van der Waals surface area contributed by atoms with Crippen molar-refractivity contribution >= 4 is 27.3 Å². The molecule has 1 aliphatic rings. The van der Waals surface area contributed by atoms with Crippen LogP contribution < -0.4 is 15.0 Å². The van der Waals surface area contributed by atoms with Gasteiger partial charge in [-0.25, -0.2) is 8.42 Å². The van der Waals surface area contributed by atoms with Gasteiger partial charge >= 0.3 is 0 Å². The number of carbonyl (C=O) groups excluding carboxylic acids is 1. The van der Waals surface area contributed by atoms with Crippen LogP contribution in [0.25, 0.3) is 0 Å². The number of aryl methyl sites for hydroxylation is 1. The van der Waals surface area contributed by atoms with Gasteiger partial charge in [0.15, 0.2) is 0 Å². The maximum absolute atomic E-state index is 12.8. The molecule has 1 aliphatic heterocycles. The van der Waals surface area contributed by atoms with Crippen LogP contribution in [-0.4, -0.2) is 52.4 Å². The number of likely N-dealkylation sites (N-methyl/N-ethyl adjacent to an activating group) is 1. The molecule has 160 valence electrons. The van der Waals surface area contributed by atoms with E-state index in [-0.39, 0.29) is 23.9 Å². The summed E-state index contributed by atoms with van der Waals surface area (Å²) < 4.78 is 31.4. The second kappa shape index (κ2) is 9.32. The molecule has 3 rings (SSSR count). The van der Waals surface area contributed by atoms with Gasteiger partial charge in [0.05, 0.1) is 18.6 Å². The van der Waals surface area contributed by atoms with E-state index < -0.39 is 10.0 Å². The number of hydrogen-bond donors (Lipinski definition) is 1. The standard InChI is InChI=1S/C22H27N3O4S/c1-4-13-24(2)30(27,28)20-10-7-18(8-11-20)23-16-22(26)25-14-5-6-17-15-19(29-3)9-12-21(17)25/h4,7-12,15,23H,1,5-6,13-14,16H2,2-3H3. The molecule has 0 fully saturated rings. The second-order valence-corrected chi connectivity index (χ2v) is 9.14. The highest BCUT2D eigenvalue weighted by Crippen LogP contribution is 2.30. The van der Waals surface area contributed by atoms with Crippen molar-refractivity contribution in [3.8, 4) is 5.75 Å². The monoisotopic (exact) mass is 429 g/mol. The number of carbonyl (C=O) groups is 1. The minimum Gasteiger partial charge on any atom is -0.497 e. The van der Waals surface area contributed by atoms with E-state index in [0.717, 1.165) is 29.8 Å². The summed E-state index contributed by atoms with van der Waals surface area (Å²) in [5.74, 6) is 0.749. The number of hydrogen-bond acceptors (Lipinski definition) is 5. The molecule has 0 saturated heterocycles. The van der Waals surface area contributed by atoms with Crippen LogP contribution in [0.2, 0.25) is 0 Å². The Morgan fingerprint density at radius 3 is 2.67 bits per heavy atom. The van der Waals surface area contributed by atoms with Crippen LogP contribution >= 0.6 is 0 Å². The first-order chi connectivity index (χ1) is 14.4. The summed E-state index contributed by atoms with van der Waals surface area (Å²) in [7, 11) is -0.418. The lowest BCUT2D eigenvalue weighted by Crippen LogP contribution is -2.39. The van der Waals surface area contributed by atoms with Crippen molar-refractivity contribution in [1.82, 2.24) is 4.31 Å². The first-order valence-electron chi connectivity index (χ1n) is 9.75. The number of methoxy groups -OCH3 is 1. The normalized spacial score (nSPS) is 13.6. The zero-order chi connectivity index (χ0) is 21.7. The zero-order valence-electron chi connectivity index (χ0n) is 17.3. The van der Waals surface area contributed by atoms with Crippen molar-refractivity contribution in [2.24, 2.45) is 0 Å². The third-order valence-corrected chi connectivity index (χ3v) is 6.94. The summed E-state index contributed by atoms with van der Waals surface area (Å²) in [4.78, 5) is 14.8. The molecule has 0 unspecified atom stereocenters. The molecular weight excluding hydrogens is 402 g/mol. The SMILES string of the molecule is C=CCN(C)S(=O)(=O)c1ccc(NCC(=O)N2CCCc3cc(OC)ccc32)cc1. The smallest absolute Gasteiger partial charge is 0.246 e. The fraction of sp³-hybridized carbons (Fsp3) is 0.318. The summed E-state index contributed by atoms with van der Waals surface area (Å²) in [5, 5.41) is 3.09. The van der Waals surface area contributed by atoms with Gasteiger partial charge in [0.2, 0.25) is 15.9 Å². The quantitative estimate of drug-likeness (QED) is 0.653. The predicted molar refractivity (Wildman–Crippen MR) is 119 cm³/mol. The summed E-state index contributed by atoms with van der Waals surface area (Å²) in [5.41, 5.74) is 2.70. The van der Waals surface area contributed by atoms with Gasteiger partial charge in [-0.1, -0.05) is 6.08 Å². The average molecular weight is 430 g/mol. The fourth-order valence-corrected chi connectivity index (χ4v) is 4.58. The largest absolute Gasteiger partial charge is 0.497 e. The van der Waals surface area contributed by atoms with Gasteiger partial charge in [0, 0.05) is 31.5 Å². The van der Waals surface area contributed by atoms with E-state index in [1.165, 1.54) is 29.6 Å². The molecule has 8 heteroatoms. The van der Waals surface area contributed by atoms with Crippen molar-refractivity contribution < 1.29 is 17.9 Å². The van der Waals surface area contributed by atoms with Crippen LogP contribution in [0.4, 0.5) is 11.4 Å². The number of anilines is 2. The highest BCUT2D eigenvalue weighted by Gasteiger charge is 2.23. The summed E-state index contributed by atoms with van der Waals surface area (Å²) in [6.45, 7) is 4.59. The van der Waals surface area contributed by atoms with E-state index in [1.807, 2.05) is 18.2 Å². The van der Waals surface area contributed by atoms with Gasteiger partial charge in [0.25, 0.3) is 0 Å². The molecule has 30 heavy (non-hydrogen) atoms. The van der Waals surface area contributed by atoms with E-state index in [2.05, 4.69) is 11.9 Å². The van der Waals surface area contributed by atoms with Crippen molar-refractivity contribution in [1.29, 1.82) is 0 Å². The van der Waals surface area contributed by atoms with E-state index in [0.29, 0.717) is 12.2 Å². The molecule has 1 heterocycles. The Kier molecular flexibility index (Phi) is 6.79. The summed E-state index contributed by atoms with van der Waals surface area (Å²) in [6.07, 6.45) is 3.35. The summed E-state index contributed by atoms with van der Waals surface area (Å²) in [6, 6.07) is 12.2. The molecule has 0 aromatic heterocycles. The van der Waals surface area contributed by atoms with Crippen LogP contribution in [0.5, 0.6) is 5.75 Å². The molecule has 0 saturated carbocycles. The Hall–Kier alpha value is -2.84. The minimum absolute atomic E-state index is 0.0384. The molecule has 0 spiro atoms. The number of nitrogens with one attached hydrogen (secondary N) is 1. The van der Waals surface area contributed by atoms with Crippen LogP contribution in [0.15, 0.2) is 60.0 Å². The Bertz CT molecular complexity index is 1020. The van der Waals surface area contributed by atoms with E-state index in [4.69, 9.17) is 4.74 Å². The van der Waals surface area contributed by atoms with Gasteiger partial charge in [-0.15, -0.1) is 6.58 Å². The van der Waals surface area contributed by atoms with Crippen LogP contribution in [0, 0.1) is 0 Å². The Labute approximate surface area is 178 Å². The topological polar surface area (TPSA) is 79.0 Å². The van der Waals surface area contributed by atoms with Crippen molar-refractivity contribution in [2.75, 3.05) is 44.0 Å². The average Bonchev–Trinajstić information content (AvgIpc) is 2.77. The number of nitrogens with zero attached hydrogens (tertiary/aromatic N) is 2. The van der Waals surface area contributed by atoms with Crippen molar-refractivity contribution in [3.05, 3.63) is 60.7 Å². The van der Waals surface area contributed by atoms with Gasteiger partial charge in [-0.3, -0.25) is 4.79 Å². The lowest BCUT2D eigenvalue weighted by Gasteiger charge is -2.30. The third-order valence-electron chi connectivity index (χ3n) is 5.10. The third kappa shape index (κ3) is 4.66. The Balaban J connectivity index is 1.65. The van der Waals surface area contributed by atoms with E-state index in [1.54, 1.807) is 24.1 Å². The molecule has 0 aliphatic carbocycles. The number of sulfonamides is 1. The Morgan fingerprint density at radius 2 is 2.00 bits per heavy atom. The molecule has 0 atom stereocenters. The molecule has 0 radical (unpaired) electrons. The second-order valence-electron chi connectivity index (χ2n) is 7.10. The first-order valence-corrected chi connectivity index (χ1v) is 11.2. The molecular formula is C22H27N3O4S. The zero-order valence-corrected chi connectivity index (χ0v) is 18.1. The van der Waals surface area contributed by atoms with Gasteiger partial charge < -0.3 is 15.0 Å². The highest BCUT2D eigenvalue weighted by molar-refractivity contribution is 7.89. The van der Waals surface area contributed by atoms with Gasteiger partial charge in [0.1, 0.15) is 5.75 Å². The fourth-order valence-electron chi connectivity index (χ4n) is 3.44. The molecule has 1 N–H and O–H groups in total.